The predicted octanol–water partition coefficient (Wildman–Crippen LogP) is 3.42. The number of hydrogen-bond acceptors (Lipinski definition) is 3. The zero-order valence-corrected chi connectivity index (χ0v) is 15.8. The van der Waals surface area contributed by atoms with Crippen LogP contribution in [0.1, 0.15) is 61.7 Å². The average Bonchev–Trinajstić information content (AvgIpc) is 3.20. The second-order valence-corrected chi connectivity index (χ2v) is 7.73. The van der Waals surface area contributed by atoms with Crippen molar-refractivity contribution < 1.29 is 9.59 Å². The largest absolute Gasteiger partial charge is 0.339 e. The third kappa shape index (κ3) is 5.07. The Labute approximate surface area is 156 Å². The fourth-order valence-corrected chi connectivity index (χ4v) is 4.05. The first-order valence-corrected chi connectivity index (χ1v) is 10.0. The SMILES string of the molecule is CN(C(=O)c1ccc(NC(=O)CCC2CCNC2)cc1)C1CCCCC1. The lowest BCUT2D eigenvalue weighted by Crippen LogP contribution is -2.38. The van der Waals surface area contributed by atoms with Gasteiger partial charge in [0.1, 0.15) is 0 Å². The highest BCUT2D eigenvalue weighted by atomic mass is 16.2. The minimum Gasteiger partial charge on any atom is -0.339 e. The van der Waals surface area contributed by atoms with Crippen LogP contribution >= 0.6 is 0 Å². The van der Waals surface area contributed by atoms with E-state index in [2.05, 4.69) is 10.6 Å². The van der Waals surface area contributed by atoms with Gasteiger partial charge in [-0.05, 0) is 69.0 Å². The smallest absolute Gasteiger partial charge is 0.253 e. The van der Waals surface area contributed by atoms with Crippen LogP contribution in [0.25, 0.3) is 0 Å². The van der Waals surface area contributed by atoms with Gasteiger partial charge in [0.05, 0.1) is 0 Å². The van der Waals surface area contributed by atoms with E-state index in [0.29, 0.717) is 23.9 Å². The Balaban J connectivity index is 1.49. The van der Waals surface area contributed by atoms with E-state index in [0.717, 1.165) is 38.0 Å². The molecule has 142 valence electrons. The molecule has 1 saturated carbocycles. The standard InChI is InChI=1S/C21H31N3O2/c1-24(19-5-3-2-4-6-19)21(26)17-8-10-18(11-9-17)23-20(25)12-7-16-13-14-22-15-16/h8-11,16,19,22H,2-7,12-15H2,1H3,(H,23,25). The number of anilines is 1. The van der Waals surface area contributed by atoms with Crippen LogP contribution in [-0.2, 0) is 4.79 Å². The van der Waals surface area contributed by atoms with Crippen molar-refractivity contribution in [2.45, 2.75) is 57.4 Å². The van der Waals surface area contributed by atoms with Crippen molar-refractivity contribution in [1.82, 2.24) is 10.2 Å². The van der Waals surface area contributed by atoms with E-state index in [1.165, 1.54) is 25.7 Å². The first kappa shape index (κ1) is 18.9. The van der Waals surface area contributed by atoms with E-state index in [9.17, 15) is 9.59 Å². The van der Waals surface area contributed by atoms with Gasteiger partial charge in [-0.25, -0.2) is 0 Å². The van der Waals surface area contributed by atoms with Crippen molar-refractivity contribution in [2.24, 2.45) is 5.92 Å². The van der Waals surface area contributed by atoms with Gasteiger partial charge < -0.3 is 15.5 Å². The summed E-state index contributed by atoms with van der Waals surface area (Å²) in [4.78, 5) is 26.6. The molecule has 5 heteroatoms. The van der Waals surface area contributed by atoms with Crippen LogP contribution in [0.4, 0.5) is 5.69 Å². The molecular formula is C21H31N3O2. The van der Waals surface area contributed by atoms with Gasteiger partial charge in [0, 0.05) is 30.8 Å². The van der Waals surface area contributed by atoms with Gasteiger partial charge in [0.2, 0.25) is 5.91 Å². The number of nitrogens with zero attached hydrogens (tertiary/aromatic N) is 1. The molecular weight excluding hydrogens is 326 g/mol. The second-order valence-electron chi connectivity index (χ2n) is 7.73. The van der Waals surface area contributed by atoms with Crippen molar-refractivity contribution in [2.75, 3.05) is 25.5 Å². The summed E-state index contributed by atoms with van der Waals surface area (Å²) in [6.07, 6.45) is 8.57. The number of carbonyl (C=O) groups is 2. The number of rotatable bonds is 6. The lowest BCUT2D eigenvalue weighted by molar-refractivity contribution is -0.116. The molecule has 3 rings (SSSR count). The number of benzene rings is 1. The molecule has 1 aromatic carbocycles. The summed E-state index contributed by atoms with van der Waals surface area (Å²) in [7, 11) is 1.91. The molecule has 0 aromatic heterocycles. The van der Waals surface area contributed by atoms with E-state index in [1.807, 2.05) is 36.2 Å². The van der Waals surface area contributed by atoms with Crippen molar-refractivity contribution in [1.29, 1.82) is 0 Å². The van der Waals surface area contributed by atoms with Crippen molar-refractivity contribution in [3.63, 3.8) is 0 Å². The summed E-state index contributed by atoms with van der Waals surface area (Å²) in [5, 5.41) is 6.27. The van der Waals surface area contributed by atoms with Crippen LogP contribution < -0.4 is 10.6 Å². The zero-order valence-electron chi connectivity index (χ0n) is 15.8. The lowest BCUT2D eigenvalue weighted by atomic mass is 9.94. The maximum absolute atomic E-state index is 12.7. The van der Waals surface area contributed by atoms with E-state index in [4.69, 9.17) is 0 Å². The van der Waals surface area contributed by atoms with Crippen molar-refractivity contribution >= 4 is 17.5 Å². The number of carbonyl (C=O) groups excluding carboxylic acids is 2. The third-order valence-electron chi connectivity index (χ3n) is 5.80. The van der Waals surface area contributed by atoms with Gasteiger partial charge >= 0.3 is 0 Å². The summed E-state index contributed by atoms with van der Waals surface area (Å²) in [6, 6.07) is 7.66. The number of nitrogens with one attached hydrogen (secondary N) is 2. The molecule has 26 heavy (non-hydrogen) atoms. The molecule has 1 aliphatic heterocycles. The van der Waals surface area contributed by atoms with Gasteiger partial charge in [-0.3, -0.25) is 9.59 Å². The topological polar surface area (TPSA) is 61.4 Å². The quantitative estimate of drug-likeness (QED) is 0.820. The van der Waals surface area contributed by atoms with Crippen molar-refractivity contribution in [3.8, 4) is 0 Å². The summed E-state index contributed by atoms with van der Waals surface area (Å²) in [5.41, 5.74) is 1.45. The monoisotopic (exact) mass is 357 g/mol. The molecule has 0 radical (unpaired) electrons. The Bertz CT molecular complexity index is 602. The van der Waals surface area contributed by atoms with Crippen LogP contribution in [0.5, 0.6) is 0 Å². The number of amides is 2. The Morgan fingerprint density at radius 1 is 1.12 bits per heavy atom. The lowest BCUT2D eigenvalue weighted by Gasteiger charge is -2.31. The Morgan fingerprint density at radius 2 is 1.85 bits per heavy atom. The van der Waals surface area contributed by atoms with Crippen LogP contribution in [-0.4, -0.2) is 42.9 Å². The van der Waals surface area contributed by atoms with E-state index in [1.54, 1.807) is 0 Å². The highest BCUT2D eigenvalue weighted by Crippen LogP contribution is 2.23. The number of hydrogen-bond donors (Lipinski definition) is 2. The Morgan fingerprint density at radius 3 is 2.50 bits per heavy atom. The van der Waals surface area contributed by atoms with E-state index in [-0.39, 0.29) is 11.8 Å². The molecule has 2 fully saturated rings. The van der Waals surface area contributed by atoms with Crippen LogP contribution in [0.3, 0.4) is 0 Å². The van der Waals surface area contributed by atoms with Gasteiger partial charge in [0.25, 0.3) is 5.91 Å². The van der Waals surface area contributed by atoms with Crippen molar-refractivity contribution in [3.05, 3.63) is 29.8 Å². The molecule has 1 atom stereocenters. The normalized spacial score (nSPS) is 20.7. The molecule has 5 nitrogen and oxygen atoms in total. The Hall–Kier alpha value is -1.88. The van der Waals surface area contributed by atoms with Gasteiger partial charge in [-0.2, -0.15) is 0 Å². The molecule has 0 bridgehead atoms. The fourth-order valence-electron chi connectivity index (χ4n) is 4.05. The summed E-state index contributed by atoms with van der Waals surface area (Å²) < 4.78 is 0. The van der Waals surface area contributed by atoms with Gasteiger partial charge in [-0.15, -0.1) is 0 Å². The third-order valence-corrected chi connectivity index (χ3v) is 5.80. The first-order valence-electron chi connectivity index (χ1n) is 10.0. The zero-order chi connectivity index (χ0) is 18.4. The van der Waals surface area contributed by atoms with Crippen LogP contribution in [0, 0.1) is 5.92 Å². The molecule has 2 amide bonds. The van der Waals surface area contributed by atoms with E-state index >= 15 is 0 Å². The average molecular weight is 357 g/mol. The molecule has 1 unspecified atom stereocenters. The minimum absolute atomic E-state index is 0.0512. The second kappa shape index (κ2) is 9.17. The molecule has 1 aliphatic carbocycles. The Kier molecular flexibility index (Phi) is 6.67. The minimum atomic E-state index is 0.0512. The summed E-state index contributed by atoms with van der Waals surface area (Å²) in [6.45, 7) is 2.09. The molecule has 1 saturated heterocycles. The van der Waals surface area contributed by atoms with Crippen LogP contribution in [0.2, 0.25) is 0 Å². The maximum Gasteiger partial charge on any atom is 0.253 e. The maximum atomic E-state index is 12.7. The molecule has 1 aromatic rings. The summed E-state index contributed by atoms with van der Waals surface area (Å²) >= 11 is 0. The first-order chi connectivity index (χ1) is 12.6. The molecule has 2 N–H and O–H groups in total. The fraction of sp³-hybridized carbons (Fsp3) is 0.619. The predicted molar refractivity (Wildman–Crippen MR) is 104 cm³/mol. The highest BCUT2D eigenvalue weighted by Gasteiger charge is 2.23. The molecule has 1 heterocycles. The molecule has 2 aliphatic rings. The van der Waals surface area contributed by atoms with Crippen LogP contribution in [0.15, 0.2) is 24.3 Å². The molecule has 0 spiro atoms. The summed E-state index contributed by atoms with van der Waals surface area (Å²) in [5.74, 6) is 0.745. The van der Waals surface area contributed by atoms with Gasteiger partial charge in [-0.1, -0.05) is 19.3 Å². The highest BCUT2D eigenvalue weighted by molar-refractivity contribution is 5.95. The van der Waals surface area contributed by atoms with E-state index < -0.39 is 0 Å². The van der Waals surface area contributed by atoms with Gasteiger partial charge in [0.15, 0.2) is 0 Å².